The van der Waals surface area contributed by atoms with E-state index in [0.29, 0.717) is 34.2 Å². The Morgan fingerprint density at radius 2 is 1.96 bits per heavy atom. The molecule has 8 heteroatoms. The Kier molecular flexibility index (Phi) is 5.43. The smallest absolute Gasteiger partial charge is 0.266 e. The molecule has 0 atom stereocenters. The molecule has 0 N–H and O–H groups in total. The highest BCUT2D eigenvalue weighted by atomic mass is 35.5. The van der Waals surface area contributed by atoms with Gasteiger partial charge in [-0.15, -0.1) is 0 Å². The van der Waals surface area contributed by atoms with Crippen molar-refractivity contribution in [2.45, 2.75) is 27.3 Å². The number of rotatable bonds is 4. The van der Waals surface area contributed by atoms with Gasteiger partial charge in [-0.3, -0.25) is 4.79 Å². The van der Waals surface area contributed by atoms with Gasteiger partial charge in [0.05, 0.1) is 24.0 Å². The van der Waals surface area contributed by atoms with E-state index in [1.165, 1.54) is 23.0 Å². The van der Waals surface area contributed by atoms with Gasteiger partial charge in [0.15, 0.2) is 0 Å². The highest BCUT2D eigenvalue weighted by Crippen LogP contribution is 2.19. The zero-order valence-corrected chi connectivity index (χ0v) is 16.3. The van der Waals surface area contributed by atoms with Crippen molar-refractivity contribution < 1.29 is 4.39 Å². The fourth-order valence-electron chi connectivity index (χ4n) is 2.86. The van der Waals surface area contributed by atoms with E-state index in [2.05, 4.69) is 10.2 Å². The summed E-state index contributed by atoms with van der Waals surface area (Å²) in [5.74, 6) is -0.310. The van der Waals surface area contributed by atoms with Crippen molar-refractivity contribution in [1.29, 1.82) is 5.26 Å². The van der Waals surface area contributed by atoms with Gasteiger partial charge in [-0.1, -0.05) is 23.7 Å². The zero-order valence-electron chi connectivity index (χ0n) is 15.6. The molecule has 3 rings (SSSR count). The first-order chi connectivity index (χ1) is 13.3. The summed E-state index contributed by atoms with van der Waals surface area (Å²) in [4.78, 5) is 12.4. The molecule has 0 spiro atoms. The van der Waals surface area contributed by atoms with Gasteiger partial charge in [-0.25, -0.2) is 13.7 Å². The third-order valence-electron chi connectivity index (χ3n) is 4.33. The first-order valence-electron chi connectivity index (χ1n) is 8.47. The van der Waals surface area contributed by atoms with Crippen molar-refractivity contribution in [2.75, 3.05) is 0 Å². The van der Waals surface area contributed by atoms with E-state index in [-0.39, 0.29) is 11.4 Å². The fourth-order valence-corrected chi connectivity index (χ4v) is 3.14. The first kappa shape index (κ1) is 19.5. The van der Waals surface area contributed by atoms with Crippen LogP contribution in [-0.2, 0) is 6.54 Å². The van der Waals surface area contributed by atoms with E-state index in [1.54, 1.807) is 43.7 Å². The summed E-state index contributed by atoms with van der Waals surface area (Å²) in [5, 5.41) is 18.1. The lowest BCUT2D eigenvalue weighted by atomic mass is 10.1. The second-order valence-electron chi connectivity index (χ2n) is 6.39. The SMILES string of the molecule is Cc1cc(C)n(N=Cc2c(C)nn(Cc3ccc(F)cc3)c2Cl)c(=O)c1C#N. The summed E-state index contributed by atoms with van der Waals surface area (Å²) >= 11 is 6.44. The predicted octanol–water partition coefficient (Wildman–Crippen LogP) is 3.56. The van der Waals surface area contributed by atoms with Crippen LogP contribution in [0.25, 0.3) is 0 Å². The van der Waals surface area contributed by atoms with Crippen molar-refractivity contribution in [3.05, 3.63) is 85.3 Å². The summed E-state index contributed by atoms with van der Waals surface area (Å²) in [6.07, 6.45) is 1.46. The van der Waals surface area contributed by atoms with Crippen LogP contribution in [0.5, 0.6) is 0 Å². The lowest BCUT2D eigenvalue weighted by Crippen LogP contribution is -2.22. The van der Waals surface area contributed by atoms with Crippen LogP contribution in [0.15, 0.2) is 40.2 Å². The van der Waals surface area contributed by atoms with Gasteiger partial charge < -0.3 is 0 Å². The van der Waals surface area contributed by atoms with E-state index in [0.717, 1.165) is 5.56 Å². The predicted molar refractivity (Wildman–Crippen MR) is 105 cm³/mol. The molecular formula is C20H17ClFN5O. The monoisotopic (exact) mass is 397 g/mol. The normalized spacial score (nSPS) is 11.1. The lowest BCUT2D eigenvalue weighted by molar-refractivity contribution is 0.624. The van der Waals surface area contributed by atoms with Crippen LogP contribution in [0.4, 0.5) is 4.39 Å². The Hall–Kier alpha value is -3.24. The van der Waals surface area contributed by atoms with Gasteiger partial charge >= 0.3 is 0 Å². The van der Waals surface area contributed by atoms with Crippen molar-refractivity contribution in [3.63, 3.8) is 0 Å². The van der Waals surface area contributed by atoms with Gasteiger partial charge in [0.1, 0.15) is 22.6 Å². The van der Waals surface area contributed by atoms with Crippen LogP contribution in [-0.4, -0.2) is 20.7 Å². The number of nitriles is 1. The highest BCUT2D eigenvalue weighted by molar-refractivity contribution is 6.32. The number of aromatic nitrogens is 3. The Bertz CT molecular complexity index is 1170. The molecule has 0 bridgehead atoms. The number of pyridine rings is 1. The van der Waals surface area contributed by atoms with E-state index in [1.807, 2.05) is 6.07 Å². The molecule has 0 saturated carbocycles. The Morgan fingerprint density at radius 3 is 2.61 bits per heavy atom. The summed E-state index contributed by atoms with van der Waals surface area (Å²) in [5.41, 5.74) is 2.83. The largest absolute Gasteiger partial charge is 0.289 e. The van der Waals surface area contributed by atoms with Gasteiger partial charge in [-0.05, 0) is 50.1 Å². The lowest BCUT2D eigenvalue weighted by Gasteiger charge is -2.06. The van der Waals surface area contributed by atoms with Crippen LogP contribution in [0.1, 0.15) is 33.6 Å². The molecule has 0 fully saturated rings. The third kappa shape index (κ3) is 3.73. The minimum atomic E-state index is -0.483. The number of hydrogen-bond acceptors (Lipinski definition) is 4. The molecule has 3 aromatic rings. The number of nitrogens with zero attached hydrogens (tertiary/aromatic N) is 5. The Labute approximate surface area is 166 Å². The minimum absolute atomic E-state index is 0.0533. The molecule has 2 aromatic heterocycles. The fraction of sp³-hybridized carbons (Fsp3) is 0.200. The van der Waals surface area contributed by atoms with E-state index in [9.17, 15) is 14.4 Å². The molecule has 0 aliphatic heterocycles. The van der Waals surface area contributed by atoms with E-state index in [4.69, 9.17) is 11.6 Å². The molecule has 1 aromatic carbocycles. The van der Waals surface area contributed by atoms with Gasteiger partial charge in [-0.2, -0.15) is 15.5 Å². The van der Waals surface area contributed by atoms with Crippen LogP contribution < -0.4 is 5.56 Å². The number of halogens is 2. The van der Waals surface area contributed by atoms with Crippen LogP contribution in [0, 0.1) is 37.9 Å². The molecular weight excluding hydrogens is 381 g/mol. The average molecular weight is 398 g/mol. The van der Waals surface area contributed by atoms with Crippen molar-refractivity contribution in [2.24, 2.45) is 5.10 Å². The van der Waals surface area contributed by atoms with Crippen LogP contribution in [0.3, 0.4) is 0 Å². The third-order valence-corrected chi connectivity index (χ3v) is 4.73. The maximum atomic E-state index is 13.1. The number of benzene rings is 1. The average Bonchev–Trinajstić information content (AvgIpc) is 2.90. The second-order valence-corrected chi connectivity index (χ2v) is 6.75. The molecule has 0 saturated heterocycles. The topological polar surface area (TPSA) is 76.0 Å². The van der Waals surface area contributed by atoms with E-state index < -0.39 is 5.56 Å². The number of aryl methyl sites for hydroxylation is 3. The van der Waals surface area contributed by atoms with Gasteiger partial charge in [0, 0.05) is 5.69 Å². The molecule has 0 unspecified atom stereocenters. The number of hydrogen-bond donors (Lipinski definition) is 0. The van der Waals surface area contributed by atoms with Crippen LogP contribution in [0.2, 0.25) is 5.15 Å². The van der Waals surface area contributed by atoms with Crippen molar-refractivity contribution >= 4 is 17.8 Å². The Morgan fingerprint density at radius 1 is 1.29 bits per heavy atom. The zero-order chi connectivity index (χ0) is 20.4. The molecule has 0 amide bonds. The quantitative estimate of drug-likeness (QED) is 0.631. The summed E-state index contributed by atoms with van der Waals surface area (Å²) in [6.45, 7) is 5.59. The summed E-state index contributed by atoms with van der Waals surface area (Å²) in [6, 6.07) is 9.71. The molecule has 142 valence electrons. The molecule has 2 heterocycles. The first-order valence-corrected chi connectivity index (χ1v) is 8.84. The van der Waals surface area contributed by atoms with Gasteiger partial charge in [0.25, 0.3) is 5.56 Å². The molecule has 0 radical (unpaired) electrons. The Balaban J connectivity index is 1.96. The van der Waals surface area contributed by atoms with Crippen molar-refractivity contribution in [1.82, 2.24) is 14.5 Å². The van der Waals surface area contributed by atoms with Crippen LogP contribution >= 0.6 is 11.6 Å². The second kappa shape index (κ2) is 7.79. The molecule has 0 aliphatic carbocycles. The molecule has 0 aliphatic rings. The highest BCUT2D eigenvalue weighted by Gasteiger charge is 2.13. The van der Waals surface area contributed by atoms with Gasteiger partial charge in [0.2, 0.25) is 0 Å². The van der Waals surface area contributed by atoms with E-state index >= 15 is 0 Å². The summed E-state index contributed by atoms with van der Waals surface area (Å²) < 4.78 is 15.8. The molecule has 6 nitrogen and oxygen atoms in total. The standard InChI is InChI=1S/C20H17ClFN5O/c1-12-8-13(2)27(20(28)17(12)9-23)24-10-18-14(3)25-26(19(18)21)11-15-4-6-16(22)7-5-15/h4-8,10H,11H2,1-3H3. The molecule has 28 heavy (non-hydrogen) atoms. The maximum Gasteiger partial charge on any atom is 0.289 e. The minimum Gasteiger partial charge on any atom is -0.266 e. The van der Waals surface area contributed by atoms with Crippen molar-refractivity contribution in [3.8, 4) is 6.07 Å². The maximum absolute atomic E-state index is 13.1. The summed E-state index contributed by atoms with van der Waals surface area (Å²) in [7, 11) is 0.